The predicted molar refractivity (Wildman–Crippen MR) is 129 cm³/mol. The minimum atomic E-state index is -0.700. The highest BCUT2D eigenvalue weighted by Crippen LogP contribution is 2.42. The molecule has 4 rings (SSSR count). The normalized spacial score (nSPS) is 21.8. The van der Waals surface area contributed by atoms with Crippen molar-refractivity contribution in [2.75, 3.05) is 10.0 Å². The second kappa shape index (κ2) is 7.69. The van der Waals surface area contributed by atoms with Crippen LogP contribution in [0.1, 0.15) is 41.5 Å². The minimum Gasteiger partial charge on any atom is -0.272 e. The Labute approximate surface area is 189 Å². The Bertz CT molecular complexity index is 1000. The lowest BCUT2D eigenvalue weighted by molar-refractivity contribution is -0.126. The van der Waals surface area contributed by atoms with Gasteiger partial charge in [-0.1, -0.05) is 77.9 Å². The molecule has 6 heteroatoms. The predicted octanol–water partition coefficient (Wildman–Crippen LogP) is 5.12. The standard InChI is InChI=1S/C26H30N4O2/c1-25(2,3)21-19(23(31)29(27-21)17-13-9-7-10-14-17)20-22(26(4,5)6)28-30(24(20)32)18-15-11-8-12-16-18/h7-16,19-20H,1-6H3/t19-,20-/m1/s1. The lowest BCUT2D eigenvalue weighted by Crippen LogP contribution is -2.46. The number of hydrazone groups is 2. The molecule has 2 aliphatic rings. The van der Waals surface area contributed by atoms with Crippen molar-refractivity contribution in [2.24, 2.45) is 32.9 Å². The molecule has 32 heavy (non-hydrogen) atoms. The van der Waals surface area contributed by atoms with E-state index in [1.54, 1.807) is 0 Å². The summed E-state index contributed by atoms with van der Waals surface area (Å²) < 4.78 is 0. The summed E-state index contributed by atoms with van der Waals surface area (Å²) in [6.45, 7) is 12.2. The average molecular weight is 431 g/mol. The fourth-order valence-electron chi connectivity index (χ4n) is 4.28. The van der Waals surface area contributed by atoms with Crippen LogP contribution in [0.15, 0.2) is 70.9 Å². The van der Waals surface area contributed by atoms with E-state index >= 15 is 0 Å². The molecule has 166 valence electrons. The molecule has 2 aromatic rings. The number of carbonyl (C=O) groups excluding carboxylic acids is 2. The van der Waals surface area contributed by atoms with Gasteiger partial charge in [0.25, 0.3) is 11.8 Å². The molecule has 0 saturated carbocycles. The van der Waals surface area contributed by atoms with Crippen LogP contribution in [0.3, 0.4) is 0 Å². The van der Waals surface area contributed by atoms with Gasteiger partial charge in [-0.15, -0.1) is 0 Å². The maximum atomic E-state index is 13.8. The molecular weight excluding hydrogens is 400 g/mol. The Kier molecular flexibility index (Phi) is 5.27. The number of para-hydroxylation sites is 2. The molecule has 2 aliphatic heterocycles. The van der Waals surface area contributed by atoms with E-state index in [2.05, 4.69) is 0 Å². The number of rotatable bonds is 3. The first-order valence-electron chi connectivity index (χ1n) is 11.0. The Morgan fingerprint density at radius 1 is 0.594 bits per heavy atom. The number of anilines is 2. The largest absolute Gasteiger partial charge is 0.272 e. The van der Waals surface area contributed by atoms with Crippen molar-refractivity contribution in [3.8, 4) is 0 Å². The quantitative estimate of drug-likeness (QED) is 0.679. The van der Waals surface area contributed by atoms with Crippen molar-refractivity contribution < 1.29 is 9.59 Å². The van der Waals surface area contributed by atoms with Gasteiger partial charge < -0.3 is 0 Å². The molecule has 6 nitrogen and oxygen atoms in total. The number of hydrogen-bond acceptors (Lipinski definition) is 4. The van der Waals surface area contributed by atoms with Crippen LogP contribution in [0.2, 0.25) is 0 Å². The molecule has 0 unspecified atom stereocenters. The third-order valence-corrected chi connectivity index (χ3v) is 5.83. The van der Waals surface area contributed by atoms with Crippen LogP contribution in [-0.4, -0.2) is 23.2 Å². The zero-order chi connectivity index (χ0) is 23.3. The van der Waals surface area contributed by atoms with E-state index < -0.39 is 22.7 Å². The van der Waals surface area contributed by atoms with Gasteiger partial charge in [0.15, 0.2) is 0 Å². The summed E-state index contributed by atoms with van der Waals surface area (Å²) >= 11 is 0. The van der Waals surface area contributed by atoms with Gasteiger partial charge in [-0.3, -0.25) is 9.59 Å². The second-order valence-electron chi connectivity index (χ2n) is 10.4. The van der Waals surface area contributed by atoms with E-state index in [4.69, 9.17) is 10.2 Å². The summed E-state index contributed by atoms with van der Waals surface area (Å²) in [6, 6.07) is 18.7. The molecule has 0 saturated heterocycles. The average Bonchev–Trinajstić information content (AvgIpc) is 3.26. The fourth-order valence-corrected chi connectivity index (χ4v) is 4.28. The zero-order valence-corrected chi connectivity index (χ0v) is 19.5. The van der Waals surface area contributed by atoms with E-state index in [-0.39, 0.29) is 11.8 Å². The van der Waals surface area contributed by atoms with Crippen LogP contribution < -0.4 is 10.0 Å². The third kappa shape index (κ3) is 3.74. The number of amides is 2. The lowest BCUT2D eigenvalue weighted by atomic mass is 9.70. The highest BCUT2D eigenvalue weighted by Gasteiger charge is 2.55. The van der Waals surface area contributed by atoms with E-state index in [0.29, 0.717) is 22.8 Å². The molecule has 0 bridgehead atoms. The molecule has 0 N–H and O–H groups in total. The maximum absolute atomic E-state index is 13.8. The summed E-state index contributed by atoms with van der Waals surface area (Å²) in [5.74, 6) is -1.78. The Hall–Kier alpha value is -3.28. The first-order valence-corrected chi connectivity index (χ1v) is 11.0. The molecule has 2 atom stereocenters. The molecular formula is C26H30N4O2. The molecule has 0 fully saturated rings. The molecule has 0 aliphatic carbocycles. The van der Waals surface area contributed by atoms with Crippen molar-refractivity contribution in [3.05, 3.63) is 60.7 Å². The van der Waals surface area contributed by atoms with Crippen molar-refractivity contribution in [1.82, 2.24) is 0 Å². The van der Waals surface area contributed by atoms with Gasteiger partial charge >= 0.3 is 0 Å². The van der Waals surface area contributed by atoms with E-state index in [1.165, 1.54) is 10.0 Å². The smallest absolute Gasteiger partial charge is 0.257 e. The van der Waals surface area contributed by atoms with E-state index in [1.807, 2.05) is 102 Å². The van der Waals surface area contributed by atoms with Gasteiger partial charge in [0, 0.05) is 10.8 Å². The summed E-state index contributed by atoms with van der Waals surface area (Å²) in [4.78, 5) is 27.6. The van der Waals surface area contributed by atoms with Crippen LogP contribution in [0.5, 0.6) is 0 Å². The van der Waals surface area contributed by atoms with Gasteiger partial charge in [0.1, 0.15) is 0 Å². The molecule has 2 heterocycles. The van der Waals surface area contributed by atoms with Gasteiger partial charge in [0.2, 0.25) is 0 Å². The van der Waals surface area contributed by atoms with Crippen molar-refractivity contribution >= 4 is 34.6 Å². The van der Waals surface area contributed by atoms with Crippen molar-refractivity contribution in [2.45, 2.75) is 41.5 Å². The first-order chi connectivity index (χ1) is 15.0. The number of nitrogens with zero attached hydrogens (tertiary/aromatic N) is 4. The summed E-state index contributed by atoms with van der Waals surface area (Å²) in [7, 11) is 0. The van der Waals surface area contributed by atoms with Crippen LogP contribution in [0.25, 0.3) is 0 Å². The fraction of sp³-hybridized carbons (Fsp3) is 0.385. The van der Waals surface area contributed by atoms with Gasteiger partial charge in [0.05, 0.1) is 34.6 Å². The maximum Gasteiger partial charge on any atom is 0.257 e. The van der Waals surface area contributed by atoms with Crippen LogP contribution in [0, 0.1) is 22.7 Å². The number of hydrogen-bond donors (Lipinski definition) is 0. The third-order valence-electron chi connectivity index (χ3n) is 5.83. The number of carbonyl (C=O) groups is 2. The van der Waals surface area contributed by atoms with Crippen LogP contribution in [-0.2, 0) is 9.59 Å². The van der Waals surface area contributed by atoms with Gasteiger partial charge in [-0.25, -0.2) is 10.0 Å². The van der Waals surface area contributed by atoms with Gasteiger partial charge in [-0.05, 0) is 24.3 Å². The second-order valence-corrected chi connectivity index (χ2v) is 10.4. The first kappa shape index (κ1) is 21.9. The monoisotopic (exact) mass is 430 g/mol. The van der Waals surface area contributed by atoms with Crippen molar-refractivity contribution in [1.29, 1.82) is 0 Å². The van der Waals surface area contributed by atoms with E-state index in [0.717, 1.165) is 0 Å². The molecule has 2 amide bonds. The number of benzene rings is 2. The van der Waals surface area contributed by atoms with Crippen molar-refractivity contribution in [3.63, 3.8) is 0 Å². The Balaban J connectivity index is 1.82. The summed E-state index contributed by atoms with van der Waals surface area (Å²) in [6.07, 6.45) is 0. The Morgan fingerprint density at radius 2 is 0.906 bits per heavy atom. The summed E-state index contributed by atoms with van der Waals surface area (Å²) in [5, 5.41) is 12.4. The molecule has 0 aromatic heterocycles. The highest BCUT2D eigenvalue weighted by molar-refractivity contribution is 6.27. The SMILES string of the molecule is CC(C)(C)C1=NN(c2ccccc2)C(=O)[C@@H]1[C@H]1C(=O)N(c2ccccc2)N=C1C(C)(C)C. The molecule has 2 aromatic carbocycles. The molecule has 0 spiro atoms. The highest BCUT2D eigenvalue weighted by atomic mass is 16.2. The molecule has 0 radical (unpaired) electrons. The van der Waals surface area contributed by atoms with E-state index in [9.17, 15) is 9.59 Å². The van der Waals surface area contributed by atoms with Crippen LogP contribution >= 0.6 is 0 Å². The summed E-state index contributed by atoms with van der Waals surface area (Å²) in [5.41, 5.74) is 2.01. The topological polar surface area (TPSA) is 65.3 Å². The zero-order valence-electron chi connectivity index (χ0n) is 19.5. The van der Waals surface area contributed by atoms with Gasteiger partial charge in [-0.2, -0.15) is 10.2 Å². The lowest BCUT2D eigenvalue weighted by Gasteiger charge is -2.29. The Morgan fingerprint density at radius 3 is 1.19 bits per heavy atom. The van der Waals surface area contributed by atoms with Crippen LogP contribution in [0.4, 0.5) is 11.4 Å². The minimum absolute atomic E-state index is 0.189.